The maximum absolute atomic E-state index is 6.10. The van der Waals surface area contributed by atoms with Gasteiger partial charge in [-0.1, -0.05) is 6.92 Å². The highest BCUT2D eigenvalue weighted by Crippen LogP contribution is 2.47. The Morgan fingerprint density at radius 2 is 2.18 bits per heavy atom. The minimum atomic E-state index is 0.127. The number of nitrogens with two attached hydrogens (primary N) is 1. The zero-order chi connectivity index (χ0) is 11.9. The van der Waals surface area contributed by atoms with E-state index in [1.807, 2.05) is 11.3 Å². The molecule has 1 unspecified atom stereocenters. The van der Waals surface area contributed by atoms with Gasteiger partial charge in [-0.3, -0.25) is 0 Å². The van der Waals surface area contributed by atoms with Crippen molar-refractivity contribution < 1.29 is 4.74 Å². The van der Waals surface area contributed by atoms with E-state index in [1.54, 1.807) is 0 Å². The van der Waals surface area contributed by atoms with Gasteiger partial charge in [0.05, 0.1) is 11.7 Å². The number of fused-ring (bicyclic) bond motifs is 2. The molecule has 1 aliphatic carbocycles. The Hall–Kier alpha value is -0.450. The molecule has 3 nitrogen and oxygen atoms in total. The highest BCUT2D eigenvalue weighted by molar-refractivity contribution is 7.11. The van der Waals surface area contributed by atoms with Crippen LogP contribution in [0.5, 0.6) is 0 Å². The topological polar surface area (TPSA) is 48.1 Å². The maximum atomic E-state index is 6.10. The molecule has 0 bridgehead atoms. The number of ether oxygens (including phenoxy) is 1. The normalized spacial score (nSPS) is 23.9. The Morgan fingerprint density at radius 1 is 1.41 bits per heavy atom. The predicted octanol–water partition coefficient (Wildman–Crippen LogP) is 2.55. The van der Waals surface area contributed by atoms with Crippen LogP contribution in [0.3, 0.4) is 0 Å². The molecule has 1 aliphatic heterocycles. The minimum absolute atomic E-state index is 0.127. The summed E-state index contributed by atoms with van der Waals surface area (Å²) in [7, 11) is 0. The van der Waals surface area contributed by atoms with E-state index in [-0.39, 0.29) is 6.04 Å². The Balaban J connectivity index is 1.93. The zero-order valence-electron chi connectivity index (χ0n) is 10.4. The summed E-state index contributed by atoms with van der Waals surface area (Å²) in [5, 5.41) is 1.14. The molecule has 17 heavy (non-hydrogen) atoms. The molecule has 1 atom stereocenters. The van der Waals surface area contributed by atoms with Crippen LogP contribution in [0.25, 0.3) is 0 Å². The molecule has 0 saturated carbocycles. The average Bonchev–Trinajstić information content (AvgIpc) is 2.92. The van der Waals surface area contributed by atoms with Gasteiger partial charge in [0.25, 0.3) is 0 Å². The second-order valence-corrected chi connectivity index (χ2v) is 6.35. The van der Waals surface area contributed by atoms with Gasteiger partial charge in [-0.2, -0.15) is 0 Å². The summed E-state index contributed by atoms with van der Waals surface area (Å²) in [5.41, 5.74) is 7.79. The standard InChI is InChI=1S/C13H20N2OS/c1-2-9(14)12-15-11-10(17-12)3-4-13(11)5-7-16-8-6-13/h9H,2-8,14H2,1H3. The smallest absolute Gasteiger partial charge is 0.110 e. The summed E-state index contributed by atoms with van der Waals surface area (Å²) in [6.45, 7) is 3.92. The van der Waals surface area contributed by atoms with Crippen molar-refractivity contribution >= 4 is 11.3 Å². The van der Waals surface area contributed by atoms with Crippen molar-refractivity contribution in [2.75, 3.05) is 13.2 Å². The lowest BCUT2D eigenvalue weighted by molar-refractivity contribution is 0.0493. The summed E-state index contributed by atoms with van der Waals surface area (Å²) in [4.78, 5) is 6.37. The fourth-order valence-electron chi connectivity index (χ4n) is 3.01. The second kappa shape index (κ2) is 4.34. The van der Waals surface area contributed by atoms with Crippen LogP contribution >= 0.6 is 11.3 Å². The molecule has 1 saturated heterocycles. The number of aromatic nitrogens is 1. The van der Waals surface area contributed by atoms with Gasteiger partial charge in [0, 0.05) is 23.5 Å². The van der Waals surface area contributed by atoms with Gasteiger partial charge >= 0.3 is 0 Å². The van der Waals surface area contributed by atoms with Crippen LogP contribution in [0.4, 0.5) is 0 Å². The van der Waals surface area contributed by atoms with E-state index in [4.69, 9.17) is 15.5 Å². The zero-order valence-corrected chi connectivity index (χ0v) is 11.2. The van der Waals surface area contributed by atoms with Crippen molar-refractivity contribution in [3.63, 3.8) is 0 Å². The van der Waals surface area contributed by atoms with Crippen LogP contribution < -0.4 is 5.73 Å². The molecule has 3 rings (SSSR count). The van der Waals surface area contributed by atoms with E-state index in [1.165, 1.54) is 23.4 Å². The third-order valence-corrected chi connectivity index (χ3v) is 5.50. The molecule has 2 aliphatic rings. The molecule has 2 N–H and O–H groups in total. The first kappa shape index (κ1) is 11.6. The van der Waals surface area contributed by atoms with E-state index in [2.05, 4.69) is 6.92 Å². The summed E-state index contributed by atoms with van der Waals surface area (Å²) in [6.07, 6.45) is 5.73. The molecular weight excluding hydrogens is 232 g/mol. The lowest BCUT2D eigenvalue weighted by Gasteiger charge is -2.32. The van der Waals surface area contributed by atoms with Gasteiger partial charge in [-0.15, -0.1) is 11.3 Å². The molecule has 94 valence electrons. The summed E-state index contributed by atoms with van der Waals surface area (Å²) >= 11 is 1.85. The maximum Gasteiger partial charge on any atom is 0.110 e. The van der Waals surface area contributed by atoms with E-state index in [0.717, 1.165) is 37.5 Å². The van der Waals surface area contributed by atoms with Crippen LogP contribution in [0.2, 0.25) is 0 Å². The van der Waals surface area contributed by atoms with Gasteiger partial charge < -0.3 is 10.5 Å². The van der Waals surface area contributed by atoms with Crippen molar-refractivity contribution in [1.82, 2.24) is 4.98 Å². The molecule has 1 fully saturated rings. The highest BCUT2D eigenvalue weighted by Gasteiger charge is 2.43. The SMILES string of the molecule is CCC(N)c1nc2c(s1)CCC21CCOCC1. The largest absolute Gasteiger partial charge is 0.381 e. The Morgan fingerprint density at radius 3 is 2.88 bits per heavy atom. The van der Waals surface area contributed by atoms with Crippen LogP contribution in [0.15, 0.2) is 0 Å². The summed E-state index contributed by atoms with van der Waals surface area (Å²) in [5.74, 6) is 0. The fourth-order valence-corrected chi connectivity index (χ4v) is 4.28. The third kappa shape index (κ3) is 1.83. The monoisotopic (exact) mass is 252 g/mol. The number of hydrogen-bond donors (Lipinski definition) is 1. The van der Waals surface area contributed by atoms with Crippen LogP contribution in [-0.4, -0.2) is 18.2 Å². The predicted molar refractivity (Wildman–Crippen MR) is 69.4 cm³/mol. The third-order valence-electron chi connectivity index (χ3n) is 4.25. The van der Waals surface area contributed by atoms with Gasteiger partial charge in [-0.25, -0.2) is 4.98 Å². The van der Waals surface area contributed by atoms with Crippen molar-refractivity contribution in [2.24, 2.45) is 5.73 Å². The molecule has 1 spiro atoms. The van der Waals surface area contributed by atoms with Gasteiger partial charge in [-0.05, 0) is 32.1 Å². The second-order valence-electron chi connectivity index (χ2n) is 5.23. The number of hydrogen-bond acceptors (Lipinski definition) is 4. The van der Waals surface area contributed by atoms with E-state index in [9.17, 15) is 0 Å². The lowest BCUT2D eigenvalue weighted by Crippen LogP contribution is -2.32. The minimum Gasteiger partial charge on any atom is -0.381 e. The van der Waals surface area contributed by atoms with Crippen LogP contribution in [0, 0.1) is 0 Å². The van der Waals surface area contributed by atoms with E-state index < -0.39 is 0 Å². The molecular formula is C13H20N2OS. The molecule has 2 heterocycles. The molecule has 0 radical (unpaired) electrons. The number of nitrogens with zero attached hydrogens (tertiary/aromatic N) is 1. The Labute approximate surface area is 106 Å². The summed E-state index contributed by atoms with van der Waals surface area (Å²) in [6, 6.07) is 0.127. The molecule has 1 aromatic rings. The quantitative estimate of drug-likeness (QED) is 0.880. The molecule has 1 aromatic heterocycles. The van der Waals surface area contributed by atoms with Crippen molar-refractivity contribution in [3.8, 4) is 0 Å². The number of aryl methyl sites for hydroxylation is 1. The Kier molecular flexibility index (Phi) is 2.97. The van der Waals surface area contributed by atoms with Crippen molar-refractivity contribution in [3.05, 3.63) is 15.6 Å². The van der Waals surface area contributed by atoms with Crippen LogP contribution in [0.1, 0.15) is 54.2 Å². The lowest BCUT2D eigenvalue weighted by atomic mass is 9.78. The number of rotatable bonds is 2. The molecule has 4 heteroatoms. The van der Waals surface area contributed by atoms with Gasteiger partial charge in [0.1, 0.15) is 5.01 Å². The van der Waals surface area contributed by atoms with E-state index in [0.29, 0.717) is 5.41 Å². The average molecular weight is 252 g/mol. The first-order valence-corrected chi connectivity index (χ1v) is 7.40. The molecule has 0 aromatic carbocycles. The van der Waals surface area contributed by atoms with Crippen molar-refractivity contribution in [1.29, 1.82) is 0 Å². The Bertz CT molecular complexity index is 410. The van der Waals surface area contributed by atoms with Crippen molar-refractivity contribution in [2.45, 2.75) is 50.5 Å². The summed E-state index contributed by atoms with van der Waals surface area (Å²) < 4.78 is 5.50. The highest BCUT2D eigenvalue weighted by atomic mass is 32.1. The number of thiazole rings is 1. The van der Waals surface area contributed by atoms with Crippen LogP contribution in [-0.2, 0) is 16.6 Å². The fraction of sp³-hybridized carbons (Fsp3) is 0.769. The first-order chi connectivity index (χ1) is 8.25. The van der Waals surface area contributed by atoms with E-state index >= 15 is 0 Å². The van der Waals surface area contributed by atoms with Gasteiger partial charge in [0.15, 0.2) is 0 Å². The molecule has 0 amide bonds. The first-order valence-electron chi connectivity index (χ1n) is 6.58. The van der Waals surface area contributed by atoms with Gasteiger partial charge in [0.2, 0.25) is 0 Å².